The van der Waals surface area contributed by atoms with Crippen LogP contribution in [-0.2, 0) is 24.1 Å². The molecule has 1 heterocycles. The molecule has 0 amide bonds. The lowest BCUT2D eigenvalue weighted by atomic mass is 10.1. The molecule has 5 nitrogen and oxygen atoms in total. The molecule has 1 saturated carbocycles. The third-order valence-corrected chi connectivity index (χ3v) is 5.16. The number of benzene rings is 1. The van der Waals surface area contributed by atoms with Gasteiger partial charge in [0.2, 0.25) is 5.76 Å². The molecule has 0 aromatic heterocycles. The van der Waals surface area contributed by atoms with Gasteiger partial charge in [0.25, 0.3) is 0 Å². The molecule has 0 saturated heterocycles. The number of ether oxygens (including phenoxy) is 2. The molecule has 1 unspecified atom stereocenters. The highest BCUT2D eigenvalue weighted by atomic mass is 32.2. The van der Waals surface area contributed by atoms with Gasteiger partial charge >= 0.3 is 5.97 Å². The van der Waals surface area contributed by atoms with Crippen LogP contribution in [0.5, 0.6) is 0 Å². The van der Waals surface area contributed by atoms with Gasteiger partial charge in [-0.3, -0.25) is 0 Å². The van der Waals surface area contributed by atoms with Crippen molar-refractivity contribution >= 4 is 21.4 Å². The summed E-state index contributed by atoms with van der Waals surface area (Å²) in [5.74, 6) is 0.316. The Hall–Kier alpha value is -1.82. The highest BCUT2D eigenvalue weighted by Gasteiger charge is 2.35. The molecule has 1 atom stereocenters. The predicted octanol–water partition coefficient (Wildman–Crippen LogP) is 2.17. The molecule has 1 aliphatic carbocycles. The van der Waals surface area contributed by atoms with Crippen LogP contribution >= 0.6 is 0 Å². The molecular weight excluding hydrogens is 304 g/mol. The molecule has 1 fully saturated rings. The summed E-state index contributed by atoms with van der Waals surface area (Å²) in [6.07, 6.45) is 3.41. The molecule has 1 aliphatic heterocycles. The van der Waals surface area contributed by atoms with Gasteiger partial charge in [0.1, 0.15) is 6.61 Å². The van der Waals surface area contributed by atoms with Crippen molar-refractivity contribution in [1.29, 1.82) is 0 Å². The van der Waals surface area contributed by atoms with Gasteiger partial charge in [0, 0.05) is 11.8 Å². The van der Waals surface area contributed by atoms with E-state index in [2.05, 4.69) is 0 Å². The zero-order valence-corrected chi connectivity index (χ0v) is 13.4. The molecule has 22 heavy (non-hydrogen) atoms. The lowest BCUT2D eigenvalue weighted by Crippen LogP contribution is -2.14. The monoisotopic (exact) mass is 322 g/mol. The Morgan fingerprint density at radius 1 is 1.23 bits per heavy atom. The molecule has 0 bridgehead atoms. The molecule has 0 N–H and O–H groups in total. The molecular formula is C16H18O5S. The van der Waals surface area contributed by atoms with Crippen molar-refractivity contribution in [3.63, 3.8) is 0 Å². The fourth-order valence-electron chi connectivity index (χ4n) is 2.48. The van der Waals surface area contributed by atoms with E-state index in [-0.39, 0.29) is 23.4 Å². The maximum absolute atomic E-state index is 11.9. The van der Waals surface area contributed by atoms with Gasteiger partial charge in [-0.25, -0.2) is 13.2 Å². The second kappa shape index (κ2) is 5.43. The number of esters is 1. The fourth-order valence-corrected chi connectivity index (χ4v) is 3.11. The van der Waals surface area contributed by atoms with Gasteiger partial charge in [0.15, 0.2) is 9.84 Å². The summed E-state index contributed by atoms with van der Waals surface area (Å²) in [6, 6.07) is 6.42. The average Bonchev–Trinajstić information content (AvgIpc) is 3.25. The molecule has 1 aromatic carbocycles. The van der Waals surface area contributed by atoms with E-state index in [1.54, 1.807) is 12.1 Å². The van der Waals surface area contributed by atoms with Gasteiger partial charge in [-0.15, -0.1) is 0 Å². The summed E-state index contributed by atoms with van der Waals surface area (Å²) in [6.45, 7) is 2.12. The summed E-state index contributed by atoms with van der Waals surface area (Å²) in [5.41, 5.74) is 1.42. The average molecular weight is 322 g/mol. The topological polar surface area (TPSA) is 69.7 Å². The van der Waals surface area contributed by atoms with Gasteiger partial charge < -0.3 is 9.47 Å². The van der Waals surface area contributed by atoms with Crippen LogP contribution in [0.4, 0.5) is 0 Å². The Bertz CT molecular complexity index is 726. The first-order valence-electron chi connectivity index (χ1n) is 7.23. The van der Waals surface area contributed by atoms with E-state index < -0.39 is 15.8 Å². The van der Waals surface area contributed by atoms with E-state index in [0.29, 0.717) is 11.5 Å². The third-order valence-electron chi connectivity index (χ3n) is 4.03. The first kappa shape index (κ1) is 15.1. The van der Waals surface area contributed by atoms with E-state index in [1.807, 2.05) is 6.92 Å². The van der Waals surface area contributed by atoms with E-state index in [1.165, 1.54) is 12.1 Å². The SMILES string of the molecule is CC(OC1=C(c2ccc(S(C)(=O)=O)cc2)COC1=O)C1CC1. The second-order valence-corrected chi connectivity index (χ2v) is 7.86. The Morgan fingerprint density at radius 3 is 2.41 bits per heavy atom. The van der Waals surface area contributed by atoms with Crippen molar-refractivity contribution in [3.8, 4) is 0 Å². The molecule has 2 aliphatic rings. The Balaban J connectivity index is 1.90. The molecule has 0 spiro atoms. The van der Waals surface area contributed by atoms with E-state index in [4.69, 9.17) is 9.47 Å². The number of hydrogen-bond donors (Lipinski definition) is 0. The first-order valence-corrected chi connectivity index (χ1v) is 9.13. The quantitative estimate of drug-likeness (QED) is 0.777. The van der Waals surface area contributed by atoms with Crippen molar-refractivity contribution in [2.24, 2.45) is 5.92 Å². The van der Waals surface area contributed by atoms with Crippen LogP contribution in [0.3, 0.4) is 0 Å². The van der Waals surface area contributed by atoms with Crippen LogP contribution in [0.15, 0.2) is 34.9 Å². The molecule has 118 valence electrons. The standard InChI is InChI=1S/C16H18O5S/c1-10(11-3-4-11)21-15-14(9-20-16(15)17)12-5-7-13(8-6-12)22(2,18)19/h5-8,10-11H,3-4,9H2,1-2H3. The number of carbonyl (C=O) groups excluding carboxylic acids is 1. The smallest absolute Gasteiger partial charge is 0.374 e. The lowest BCUT2D eigenvalue weighted by molar-refractivity contribution is -0.140. The van der Waals surface area contributed by atoms with Gasteiger partial charge in [0.05, 0.1) is 11.0 Å². The molecule has 6 heteroatoms. The van der Waals surface area contributed by atoms with E-state index in [9.17, 15) is 13.2 Å². The minimum Gasteiger partial charge on any atom is -0.483 e. The first-order chi connectivity index (χ1) is 10.4. The second-order valence-electron chi connectivity index (χ2n) is 5.84. The summed E-state index contributed by atoms with van der Waals surface area (Å²) >= 11 is 0. The predicted molar refractivity (Wildman–Crippen MR) is 80.7 cm³/mol. The van der Waals surface area contributed by atoms with Crippen molar-refractivity contribution < 1.29 is 22.7 Å². The Labute approximate surface area is 129 Å². The molecule has 3 rings (SSSR count). The van der Waals surface area contributed by atoms with Crippen LogP contribution < -0.4 is 0 Å². The summed E-state index contributed by atoms with van der Waals surface area (Å²) < 4.78 is 33.9. The highest BCUT2D eigenvalue weighted by molar-refractivity contribution is 7.90. The van der Waals surface area contributed by atoms with Crippen molar-refractivity contribution in [3.05, 3.63) is 35.6 Å². The Kier molecular flexibility index (Phi) is 3.72. The van der Waals surface area contributed by atoms with Gasteiger partial charge in [-0.05, 0) is 43.4 Å². The maximum Gasteiger partial charge on any atom is 0.374 e. The number of sulfone groups is 1. The van der Waals surface area contributed by atoms with E-state index in [0.717, 1.165) is 24.7 Å². The third kappa shape index (κ3) is 3.02. The largest absolute Gasteiger partial charge is 0.483 e. The number of hydrogen-bond acceptors (Lipinski definition) is 5. The highest BCUT2D eigenvalue weighted by Crippen LogP contribution is 2.37. The number of cyclic esters (lactones) is 1. The minimum absolute atomic E-state index is 0.00839. The lowest BCUT2D eigenvalue weighted by Gasteiger charge is -2.14. The van der Waals surface area contributed by atoms with Crippen molar-refractivity contribution in [1.82, 2.24) is 0 Å². The van der Waals surface area contributed by atoms with Crippen LogP contribution in [0, 0.1) is 5.92 Å². The fraction of sp³-hybridized carbons (Fsp3) is 0.438. The normalized spacial score (nSPS) is 20.0. The van der Waals surface area contributed by atoms with Gasteiger partial charge in [-0.1, -0.05) is 12.1 Å². The van der Waals surface area contributed by atoms with Crippen LogP contribution in [-0.4, -0.2) is 33.4 Å². The van der Waals surface area contributed by atoms with Gasteiger partial charge in [-0.2, -0.15) is 0 Å². The minimum atomic E-state index is -3.23. The van der Waals surface area contributed by atoms with Crippen LogP contribution in [0.2, 0.25) is 0 Å². The maximum atomic E-state index is 11.9. The summed E-state index contributed by atoms with van der Waals surface area (Å²) in [5, 5.41) is 0. The van der Waals surface area contributed by atoms with Crippen LogP contribution in [0.1, 0.15) is 25.3 Å². The zero-order valence-electron chi connectivity index (χ0n) is 12.5. The molecule has 0 radical (unpaired) electrons. The van der Waals surface area contributed by atoms with Crippen molar-refractivity contribution in [2.75, 3.05) is 12.9 Å². The van der Waals surface area contributed by atoms with Crippen LogP contribution in [0.25, 0.3) is 5.57 Å². The van der Waals surface area contributed by atoms with Crippen molar-refractivity contribution in [2.45, 2.75) is 30.8 Å². The number of carbonyl (C=O) groups is 1. The Morgan fingerprint density at radius 2 is 1.86 bits per heavy atom. The van der Waals surface area contributed by atoms with E-state index >= 15 is 0 Å². The summed E-state index contributed by atoms with van der Waals surface area (Å²) in [7, 11) is -3.23. The summed E-state index contributed by atoms with van der Waals surface area (Å²) in [4.78, 5) is 12.1. The molecule has 1 aromatic rings. The number of rotatable bonds is 5. The zero-order chi connectivity index (χ0) is 15.9.